The van der Waals surface area contributed by atoms with E-state index in [1.165, 1.54) is 178 Å². The van der Waals surface area contributed by atoms with Crippen molar-refractivity contribution in [3.05, 3.63) is 24.3 Å². The molecule has 0 saturated carbocycles. The highest BCUT2D eigenvalue weighted by atomic mass is 14.2. The van der Waals surface area contributed by atoms with Gasteiger partial charge in [-0.2, -0.15) is 0 Å². The summed E-state index contributed by atoms with van der Waals surface area (Å²) in [4.78, 5) is 0. The summed E-state index contributed by atoms with van der Waals surface area (Å²) in [7, 11) is 0. The molecule has 0 saturated heterocycles. The summed E-state index contributed by atoms with van der Waals surface area (Å²) in [5.41, 5.74) is 2.83. The zero-order valence-corrected chi connectivity index (χ0v) is 32.7. The lowest BCUT2D eigenvalue weighted by Crippen LogP contribution is -2.08. The Kier molecular flexibility index (Phi) is 50.1. The van der Waals surface area contributed by atoms with Crippen LogP contribution in [0.5, 0.6) is 0 Å². The molecular weight excluding hydrogens is 516 g/mol. The lowest BCUT2D eigenvalue weighted by atomic mass is 9.84. The summed E-state index contributed by atoms with van der Waals surface area (Å²) in [5, 5.41) is 0. The number of unbranched alkanes of at least 4 members (excludes halogenated alkanes) is 24. The second kappa shape index (κ2) is 43.6. The average molecular weight is 607 g/mol. The molecular formula is C43H90. The van der Waals surface area contributed by atoms with Gasteiger partial charge in [-0.3, -0.25) is 0 Å². The normalized spacial score (nSPS) is 10.6. The van der Waals surface area contributed by atoms with Gasteiger partial charge in [0.05, 0.1) is 0 Å². The van der Waals surface area contributed by atoms with Gasteiger partial charge in [-0.05, 0) is 25.2 Å². The van der Waals surface area contributed by atoms with Crippen molar-refractivity contribution in [2.75, 3.05) is 0 Å². The minimum absolute atomic E-state index is 0.259. The Labute approximate surface area is 278 Å². The van der Waals surface area contributed by atoms with Crippen LogP contribution in [0.25, 0.3) is 0 Å². The van der Waals surface area contributed by atoms with Gasteiger partial charge in [0.1, 0.15) is 0 Å². The molecule has 0 atom stereocenters. The second-order valence-electron chi connectivity index (χ2n) is 14.1. The molecule has 0 rings (SSSR count). The minimum Gasteiger partial charge on any atom is -0.100 e. The molecule has 0 bridgehead atoms. The van der Waals surface area contributed by atoms with Crippen molar-refractivity contribution in [2.45, 2.75) is 249 Å². The zero-order valence-electron chi connectivity index (χ0n) is 32.7. The van der Waals surface area contributed by atoms with Crippen LogP contribution in [0.15, 0.2) is 24.3 Å². The van der Waals surface area contributed by atoms with Crippen LogP contribution in [-0.4, -0.2) is 0 Å². The molecule has 0 heterocycles. The van der Waals surface area contributed by atoms with Gasteiger partial charge >= 0.3 is 0 Å². The van der Waals surface area contributed by atoms with Crippen LogP contribution >= 0.6 is 0 Å². The SMILES string of the molecule is C=C(C)CCC(=C)C(C)(C)C.CC.CCCCCCCCCCCCCCC.CCCCCCCCCCCCCCC. The van der Waals surface area contributed by atoms with Gasteiger partial charge in [0, 0.05) is 0 Å². The highest BCUT2D eigenvalue weighted by molar-refractivity contribution is 5.07. The predicted molar refractivity (Wildman–Crippen MR) is 207 cm³/mol. The Balaban J connectivity index is -0.000000261. The summed E-state index contributed by atoms with van der Waals surface area (Å²) in [6.45, 7) is 29.7. The largest absolute Gasteiger partial charge is 0.100 e. The maximum absolute atomic E-state index is 4.06. The number of hydrogen-bond donors (Lipinski definition) is 0. The van der Waals surface area contributed by atoms with Crippen molar-refractivity contribution < 1.29 is 0 Å². The van der Waals surface area contributed by atoms with E-state index < -0.39 is 0 Å². The van der Waals surface area contributed by atoms with Crippen LogP contribution in [0.2, 0.25) is 0 Å². The molecule has 0 N–H and O–H groups in total. The first-order valence-corrected chi connectivity index (χ1v) is 20.0. The molecule has 0 fully saturated rings. The lowest BCUT2D eigenvalue weighted by molar-refractivity contribution is 0.484. The fourth-order valence-electron chi connectivity index (χ4n) is 4.92. The third kappa shape index (κ3) is 54.4. The summed E-state index contributed by atoms with van der Waals surface area (Å²) >= 11 is 0. The first kappa shape index (κ1) is 49.4. The first-order valence-electron chi connectivity index (χ1n) is 20.0. The van der Waals surface area contributed by atoms with E-state index in [9.17, 15) is 0 Å². The Bertz CT molecular complexity index is 441. The highest BCUT2D eigenvalue weighted by Crippen LogP contribution is 2.27. The standard InChI is InChI=1S/2C15H32.C11H20.C2H6/c2*1-3-5-7-9-11-13-15-14-12-10-8-6-4-2;1-9(2)7-8-10(3)11(4,5)6;1-2/h2*3-15H2,1-2H3;1,3,7-8H2,2,4-6H3;1-2H3. The van der Waals surface area contributed by atoms with Crippen molar-refractivity contribution >= 4 is 0 Å². The quantitative estimate of drug-likeness (QED) is 0.0644. The molecule has 0 spiro atoms. The van der Waals surface area contributed by atoms with Crippen LogP contribution in [0.4, 0.5) is 0 Å². The maximum atomic E-state index is 4.06. The fraction of sp³-hybridized carbons (Fsp3) is 0.907. The van der Waals surface area contributed by atoms with Crippen LogP contribution in [0.1, 0.15) is 249 Å². The van der Waals surface area contributed by atoms with Gasteiger partial charge in [0.15, 0.2) is 0 Å². The van der Waals surface area contributed by atoms with E-state index in [-0.39, 0.29) is 5.41 Å². The molecule has 0 radical (unpaired) electrons. The molecule has 0 heteroatoms. The molecule has 0 aliphatic carbocycles. The molecule has 0 aliphatic heterocycles. The van der Waals surface area contributed by atoms with Crippen LogP contribution < -0.4 is 0 Å². The Morgan fingerprint density at radius 3 is 0.698 bits per heavy atom. The number of allylic oxidation sites excluding steroid dienone is 2. The highest BCUT2D eigenvalue weighted by Gasteiger charge is 2.13. The third-order valence-electron chi connectivity index (χ3n) is 8.33. The van der Waals surface area contributed by atoms with Crippen molar-refractivity contribution in [3.8, 4) is 0 Å². The second-order valence-corrected chi connectivity index (χ2v) is 14.1. The van der Waals surface area contributed by atoms with E-state index in [2.05, 4.69) is 68.5 Å². The van der Waals surface area contributed by atoms with Gasteiger partial charge in [-0.25, -0.2) is 0 Å². The van der Waals surface area contributed by atoms with Gasteiger partial charge in [0.25, 0.3) is 0 Å². The van der Waals surface area contributed by atoms with E-state index in [0.717, 1.165) is 12.8 Å². The molecule has 43 heavy (non-hydrogen) atoms. The van der Waals surface area contributed by atoms with Gasteiger partial charge < -0.3 is 0 Å². The van der Waals surface area contributed by atoms with E-state index in [0.29, 0.717) is 0 Å². The minimum atomic E-state index is 0.259. The topological polar surface area (TPSA) is 0 Å². The van der Waals surface area contributed by atoms with E-state index in [4.69, 9.17) is 0 Å². The molecule has 0 aromatic carbocycles. The summed E-state index contributed by atoms with van der Waals surface area (Å²) in [6.07, 6.45) is 40.0. The molecule has 262 valence electrons. The van der Waals surface area contributed by atoms with Crippen molar-refractivity contribution in [1.29, 1.82) is 0 Å². The average Bonchev–Trinajstić information content (AvgIpc) is 2.98. The molecule has 0 nitrogen and oxygen atoms in total. The van der Waals surface area contributed by atoms with Gasteiger partial charge in [-0.1, -0.05) is 247 Å². The van der Waals surface area contributed by atoms with Crippen molar-refractivity contribution in [3.63, 3.8) is 0 Å². The molecule has 0 aliphatic rings. The molecule has 0 unspecified atom stereocenters. The number of rotatable bonds is 27. The van der Waals surface area contributed by atoms with E-state index in [1.54, 1.807) is 0 Å². The van der Waals surface area contributed by atoms with E-state index >= 15 is 0 Å². The molecule has 0 aromatic rings. The lowest BCUT2D eigenvalue weighted by Gasteiger charge is -2.21. The fourth-order valence-corrected chi connectivity index (χ4v) is 4.92. The van der Waals surface area contributed by atoms with Crippen LogP contribution in [0, 0.1) is 5.41 Å². The molecule has 0 aromatic heterocycles. The monoisotopic (exact) mass is 607 g/mol. The third-order valence-corrected chi connectivity index (χ3v) is 8.33. The number of hydrogen-bond acceptors (Lipinski definition) is 0. The zero-order chi connectivity index (χ0) is 33.5. The van der Waals surface area contributed by atoms with Gasteiger partial charge in [-0.15, -0.1) is 6.58 Å². The Morgan fingerprint density at radius 1 is 0.372 bits per heavy atom. The summed E-state index contributed by atoms with van der Waals surface area (Å²) < 4.78 is 0. The summed E-state index contributed by atoms with van der Waals surface area (Å²) in [6, 6.07) is 0. The smallest absolute Gasteiger partial charge is 0.0176 e. The Morgan fingerprint density at radius 2 is 0.558 bits per heavy atom. The predicted octanol–water partition coefficient (Wildman–Crippen LogP) is 17.2. The van der Waals surface area contributed by atoms with Crippen LogP contribution in [-0.2, 0) is 0 Å². The van der Waals surface area contributed by atoms with Crippen LogP contribution in [0.3, 0.4) is 0 Å². The molecule has 0 amide bonds. The Hall–Kier alpha value is -0.520. The maximum Gasteiger partial charge on any atom is -0.0176 e. The van der Waals surface area contributed by atoms with E-state index in [1.807, 2.05) is 13.8 Å². The summed E-state index contributed by atoms with van der Waals surface area (Å²) in [5.74, 6) is 0. The first-order chi connectivity index (χ1) is 20.7. The van der Waals surface area contributed by atoms with Crippen molar-refractivity contribution in [2.24, 2.45) is 5.41 Å². The van der Waals surface area contributed by atoms with Crippen molar-refractivity contribution in [1.82, 2.24) is 0 Å². The van der Waals surface area contributed by atoms with Gasteiger partial charge in [0.2, 0.25) is 0 Å².